The molecule has 0 unspecified atom stereocenters. The third-order valence-corrected chi connectivity index (χ3v) is 2.75. The minimum Gasteiger partial charge on any atom is -0.385 e. The normalized spacial score (nSPS) is 15.6. The molecule has 0 bridgehead atoms. The second kappa shape index (κ2) is 3.99. The molecule has 14 heavy (non-hydrogen) atoms. The summed E-state index contributed by atoms with van der Waals surface area (Å²) in [5.74, 6) is 0.790. The third-order valence-electron chi connectivity index (χ3n) is 2.75. The Hall–Kier alpha value is -1.05. The number of hydrogen-bond donors (Lipinski definition) is 1. The van der Waals surface area contributed by atoms with Crippen LogP contribution in [0.3, 0.4) is 0 Å². The van der Waals surface area contributed by atoms with Crippen LogP contribution in [0.1, 0.15) is 24.8 Å². The summed E-state index contributed by atoms with van der Waals surface area (Å²) in [5.41, 5.74) is 2.05. The van der Waals surface area contributed by atoms with E-state index in [0.717, 1.165) is 23.7 Å². The molecule has 1 N–H and O–H groups in total. The second-order valence-corrected chi connectivity index (χ2v) is 4.12. The highest BCUT2D eigenvalue weighted by Gasteiger charge is 2.20. The van der Waals surface area contributed by atoms with Crippen LogP contribution >= 0.6 is 0 Å². The molecule has 1 aliphatic carbocycles. The highest BCUT2D eigenvalue weighted by Crippen LogP contribution is 2.32. The Morgan fingerprint density at radius 1 is 1.43 bits per heavy atom. The Kier molecular flexibility index (Phi) is 2.71. The molecule has 0 saturated heterocycles. The van der Waals surface area contributed by atoms with Crippen LogP contribution in [0.25, 0.3) is 0 Å². The molecular formula is C12H16FN. The molecule has 76 valence electrons. The molecule has 0 amide bonds. The van der Waals surface area contributed by atoms with Crippen molar-refractivity contribution in [2.24, 2.45) is 5.92 Å². The van der Waals surface area contributed by atoms with Crippen molar-refractivity contribution in [1.82, 2.24) is 0 Å². The molecule has 1 aromatic carbocycles. The van der Waals surface area contributed by atoms with Gasteiger partial charge in [-0.3, -0.25) is 0 Å². The summed E-state index contributed by atoms with van der Waals surface area (Å²) in [6.07, 6.45) is 4.03. The average Bonchev–Trinajstić information content (AvgIpc) is 2.92. The molecule has 2 heteroatoms. The minimum absolute atomic E-state index is 0.157. The number of hydrogen-bond acceptors (Lipinski definition) is 1. The largest absolute Gasteiger partial charge is 0.385 e. The van der Waals surface area contributed by atoms with Gasteiger partial charge in [0, 0.05) is 12.2 Å². The fourth-order valence-corrected chi connectivity index (χ4v) is 1.64. The van der Waals surface area contributed by atoms with Crippen molar-refractivity contribution < 1.29 is 4.39 Å². The van der Waals surface area contributed by atoms with Gasteiger partial charge in [-0.1, -0.05) is 12.8 Å². The number of halogens is 1. The summed E-state index contributed by atoms with van der Waals surface area (Å²) in [6.45, 7) is 2.94. The molecule has 0 aromatic heterocycles. The lowest BCUT2D eigenvalue weighted by Gasteiger charge is -2.08. The van der Waals surface area contributed by atoms with Crippen LogP contribution in [0, 0.1) is 18.7 Å². The Balaban J connectivity index is 1.87. The predicted molar refractivity (Wildman–Crippen MR) is 57.0 cm³/mol. The molecule has 1 nitrogen and oxygen atoms in total. The van der Waals surface area contributed by atoms with E-state index in [1.165, 1.54) is 25.3 Å². The van der Waals surface area contributed by atoms with Gasteiger partial charge in [0.15, 0.2) is 0 Å². The van der Waals surface area contributed by atoms with Crippen molar-refractivity contribution in [1.29, 1.82) is 0 Å². The van der Waals surface area contributed by atoms with E-state index >= 15 is 0 Å². The average molecular weight is 193 g/mol. The van der Waals surface area contributed by atoms with Crippen molar-refractivity contribution in [2.45, 2.75) is 26.2 Å². The zero-order valence-electron chi connectivity index (χ0n) is 8.52. The van der Waals surface area contributed by atoms with Crippen LogP contribution < -0.4 is 5.32 Å². The van der Waals surface area contributed by atoms with Crippen molar-refractivity contribution in [3.63, 3.8) is 0 Å². The van der Waals surface area contributed by atoms with Crippen LogP contribution in [0.4, 0.5) is 10.1 Å². The Bertz CT molecular complexity index is 318. The van der Waals surface area contributed by atoms with Crippen LogP contribution in [0.5, 0.6) is 0 Å². The van der Waals surface area contributed by atoms with Crippen molar-refractivity contribution in [2.75, 3.05) is 11.9 Å². The molecule has 0 aliphatic heterocycles. The molecule has 1 saturated carbocycles. The molecule has 0 spiro atoms. The van der Waals surface area contributed by atoms with E-state index in [1.54, 1.807) is 6.07 Å². The number of aryl methyl sites for hydroxylation is 1. The van der Waals surface area contributed by atoms with Crippen LogP contribution in [-0.2, 0) is 0 Å². The Morgan fingerprint density at radius 2 is 2.21 bits per heavy atom. The Labute approximate surface area is 84.3 Å². The van der Waals surface area contributed by atoms with Crippen molar-refractivity contribution in [3.05, 3.63) is 29.6 Å². The minimum atomic E-state index is -0.157. The summed E-state index contributed by atoms with van der Waals surface area (Å²) >= 11 is 0. The van der Waals surface area contributed by atoms with Crippen molar-refractivity contribution in [3.8, 4) is 0 Å². The van der Waals surface area contributed by atoms with Crippen LogP contribution in [0.2, 0.25) is 0 Å². The van der Waals surface area contributed by atoms with Gasteiger partial charge in [-0.25, -0.2) is 4.39 Å². The summed E-state index contributed by atoms with van der Waals surface area (Å²) in [7, 11) is 0. The van der Waals surface area contributed by atoms with Gasteiger partial charge in [-0.15, -0.1) is 0 Å². The summed E-state index contributed by atoms with van der Waals surface area (Å²) in [6, 6.07) is 4.89. The highest BCUT2D eigenvalue weighted by atomic mass is 19.1. The molecule has 0 radical (unpaired) electrons. The lowest BCUT2D eigenvalue weighted by molar-refractivity contribution is 0.626. The smallest absolute Gasteiger partial charge is 0.123 e. The number of benzene rings is 1. The molecule has 0 heterocycles. The second-order valence-electron chi connectivity index (χ2n) is 4.12. The van der Waals surface area contributed by atoms with Crippen LogP contribution in [0.15, 0.2) is 18.2 Å². The van der Waals surface area contributed by atoms with Crippen molar-refractivity contribution >= 4 is 5.69 Å². The zero-order chi connectivity index (χ0) is 9.97. The lowest BCUT2D eigenvalue weighted by Crippen LogP contribution is -2.03. The number of nitrogens with one attached hydrogen (secondary N) is 1. The SMILES string of the molecule is Cc1cc(F)ccc1NCCC1CC1. The first-order chi connectivity index (χ1) is 6.75. The van der Waals surface area contributed by atoms with Crippen LogP contribution in [-0.4, -0.2) is 6.54 Å². The number of anilines is 1. The van der Waals surface area contributed by atoms with E-state index in [0.29, 0.717) is 0 Å². The van der Waals surface area contributed by atoms with Gasteiger partial charge in [0.25, 0.3) is 0 Å². The molecule has 2 rings (SSSR count). The molecule has 1 fully saturated rings. The number of rotatable bonds is 4. The first kappa shape index (κ1) is 9.50. The fraction of sp³-hybridized carbons (Fsp3) is 0.500. The zero-order valence-corrected chi connectivity index (χ0v) is 8.52. The van der Waals surface area contributed by atoms with Gasteiger partial charge in [0.1, 0.15) is 5.82 Å². The molecule has 1 aromatic rings. The van der Waals surface area contributed by atoms with E-state index in [2.05, 4.69) is 5.32 Å². The first-order valence-corrected chi connectivity index (χ1v) is 5.26. The van der Waals surface area contributed by atoms with Gasteiger partial charge in [0.2, 0.25) is 0 Å². The van der Waals surface area contributed by atoms with Gasteiger partial charge >= 0.3 is 0 Å². The molecular weight excluding hydrogens is 177 g/mol. The van der Waals surface area contributed by atoms with Gasteiger partial charge in [-0.05, 0) is 43.0 Å². The maximum absolute atomic E-state index is 12.8. The van der Waals surface area contributed by atoms with E-state index < -0.39 is 0 Å². The molecule has 1 aliphatic rings. The summed E-state index contributed by atoms with van der Waals surface area (Å²) < 4.78 is 12.8. The third kappa shape index (κ3) is 2.47. The van der Waals surface area contributed by atoms with E-state index in [-0.39, 0.29) is 5.82 Å². The lowest BCUT2D eigenvalue weighted by atomic mass is 10.2. The summed E-state index contributed by atoms with van der Waals surface area (Å²) in [4.78, 5) is 0. The van der Waals surface area contributed by atoms with E-state index in [1.807, 2.05) is 13.0 Å². The fourth-order valence-electron chi connectivity index (χ4n) is 1.64. The van der Waals surface area contributed by atoms with Gasteiger partial charge in [-0.2, -0.15) is 0 Å². The van der Waals surface area contributed by atoms with E-state index in [9.17, 15) is 4.39 Å². The Morgan fingerprint density at radius 3 is 2.86 bits per heavy atom. The quantitative estimate of drug-likeness (QED) is 0.773. The highest BCUT2D eigenvalue weighted by molar-refractivity contribution is 5.50. The first-order valence-electron chi connectivity index (χ1n) is 5.26. The topological polar surface area (TPSA) is 12.0 Å². The maximum atomic E-state index is 12.8. The summed E-state index contributed by atoms with van der Waals surface area (Å²) in [5, 5.41) is 3.34. The van der Waals surface area contributed by atoms with E-state index in [4.69, 9.17) is 0 Å². The maximum Gasteiger partial charge on any atom is 0.123 e. The standard InChI is InChI=1S/C12H16FN/c1-9-8-11(13)4-5-12(9)14-7-6-10-2-3-10/h4-5,8,10,14H,2-3,6-7H2,1H3. The predicted octanol–water partition coefficient (Wildman–Crippen LogP) is 3.35. The monoisotopic (exact) mass is 193 g/mol. The van der Waals surface area contributed by atoms with Gasteiger partial charge in [0.05, 0.1) is 0 Å². The van der Waals surface area contributed by atoms with Gasteiger partial charge < -0.3 is 5.32 Å². The molecule has 0 atom stereocenters.